The van der Waals surface area contributed by atoms with Crippen LogP contribution in [0.2, 0.25) is 0 Å². The number of amides is 2. The molecule has 0 aromatic carbocycles. The Morgan fingerprint density at radius 3 is 2.71 bits per heavy atom. The van der Waals surface area contributed by atoms with Crippen LogP contribution in [0.25, 0.3) is 0 Å². The number of aliphatic hydroxyl groups excluding tert-OH is 1. The van der Waals surface area contributed by atoms with Crippen molar-refractivity contribution in [2.75, 3.05) is 6.54 Å². The summed E-state index contributed by atoms with van der Waals surface area (Å²) >= 11 is 0. The highest BCUT2D eigenvalue weighted by Crippen LogP contribution is 2.29. The first-order chi connectivity index (χ1) is 10.1. The summed E-state index contributed by atoms with van der Waals surface area (Å²) in [6.45, 7) is 2.09. The molecule has 0 aromatic heterocycles. The summed E-state index contributed by atoms with van der Waals surface area (Å²) in [5.41, 5.74) is 1.40. The molecule has 0 heterocycles. The molecule has 0 saturated heterocycles. The molecule has 0 aromatic rings. The summed E-state index contributed by atoms with van der Waals surface area (Å²) in [6.07, 6.45) is 8.74. The summed E-state index contributed by atoms with van der Waals surface area (Å²) < 4.78 is 0. The molecule has 2 aliphatic rings. The summed E-state index contributed by atoms with van der Waals surface area (Å²) in [7, 11) is 0. The molecule has 2 amide bonds. The molecule has 2 unspecified atom stereocenters. The molecule has 1 saturated carbocycles. The van der Waals surface area contributed by atoms with Crippen molar-refractivity contribution >= 4 is 11.8 Å². The fraction of sp³-hybridized carbons (Fsp3) is 0.750. The third-order valence-electron chi connectivity index (χ3n) is 4.14. The van der Waals surface area contributed by atoms with Gasteiger partial charge in [0.15, 0.2) is 0 Å². The molecular formula is C16H26N2O3. The second-order valence-corrected chi connectivity index (χ2v) is 6.15. The lowest BCUT2D eigenvalue weighted by Crippen LogP contribution is -2.53. The van der Waals surface area contributed by atoms with Gasteiger partial charge >= 0.3 is 0 Å². The number of carbonyl (C=O) groups is 2. The van der Waals surface area contributed by atoms with Gasteiger partial charge in [-0.25, -0.2) is 0 Å². The topological polar surface area (TPSA) is 78.4 Å². The minimum Gasteiger partial charge on any atom is -0.391 e. The molecule has 0 aliphatic heterocycles. The molecule has 1 fully saturated rings. The maximum Gasteiger partial charge on any atom is 0.245 e. The number of carbonyl (C=O) groups excluding carboxylic acids is 2. The first-order valence-electron chi connectivity index (χ1n) is 8.02. The summed E-state index contributed by atoms with van der Waals surface area (Å²) in [5.74, 6) is -0.382. The van der Waals surface area contributed by atoms with Crippen LogP contribution in [-0.4, -0.2) is 35.6 Å². The van der Waals surface area contributed by atoms with E-state index in [2.05, 4.69) is 16.7 Å². The van der Waals surface area contributed by atoms with Crippen molar-refractivity contribution in [3.63, 3.8) is 0 Å². The van der Waals surface area contributed by atoms with Crippen LogP contribution in [0.4, 0.5) is 0 Å². The number of hydrogen-bond acceptors (Lipinski definition) is 3. The Balaban J connectivity index is 1.75. The molecule has 21 heavy (non-hydrogen) atoms. The van der Waals surface area contributed by atoms with Crippen molar-refractivity contribution in [2.24, 2.45) is 5.92 Å². The van der Waals surface area contributed by atoms with Crippen molar-refractivity contribution in [2.45, 2.75) is 64.0 Å². The molecule has 5 nitrogen and oxygen atoms in total. The second kappa shape index (κ2) is 7.59. The van der Waals surface area contributed by atoms with Crippen molar-refractivity contribution in [1.29, 1.82) is 0 Å². The fourth-order valence-corrected chi connectivity index (χ4v) is 2.61. The zero-order valence-corrected chi connectivity index (χ0v) is 12.7. The van der Waals surface area contributed by atoms with Crippen LogP contribution in [0.5, 0.6) is 0 Å². The van der Waals surface area contributed by atoms with Gasteiger partial charge in [0.1, 0.15) is 6.04 Å². The van der Waals surface area contributed by atoms with Gasteiger partial charge in [-0.15, -0.1) is 0 Å². The van der Waals surface area contributed by atoms with Gasteiger partial charge in [0.25, 0.3) is 0 Å². The molecule has 2 aliphatic carbocycles. The van der Waals surface area contributed by atoms with Gasteiger partial charge in [0, 0.05) is 12.5 Å². The third-order valence-corrected chi connectivity index (χ3v) is 4.14. The highest BCUT2D eigenvalue weighted by Gasteiger charge is 2.34. The molecule has 118 valence electrons. The Kier molecular flexibility index (Phi) is 5.79. The predicted molar refractivity (Wildman–Crippen MR) is 80.5 cm³/mol. The molecule has 3 N–H and O–H groups in total. The Hall–Kier alpha value is -1.36. The van der Waals surface area contributed by atoms with Gasteiger partial charge in [-0.2, -0.15) is 0 Å². The van der Waals surface area contributed by atoms with Crippen molar-refractivity contribution < 1.29 is 14.7 Å². The van der Waals surface area contributed by atoms with Gasteiger partial charge in [0.05, 0.1) is 6.10 Å². The van der Waals surface area contributed by atoms with Crippen molar-refractivity contribution in [3.8, 4) is 0 Å². The fourth-order valence-electron chi connectivity index (χ4n) is 2.61. The van der Waals surface area contributed by atoms with Crippen LogP contribution < -0.4 is 10.6 Å². The van der Waals surface area contributed by atoms with E-state index in [0.29, 0.717) is 6.54 Å². The predicted octanol–water partition coefficient (Wildman–Crippen LogP) is 1.27. The van der Waals surface area contributed by atoms with E-state index in [1.165, 1.54) is 25.3 Å². The summed E-state index contributed by atoms with van der Waals surface area (Å²) in [5, 5.41) is 15.2. The second-order valence-electron chi connectivity index (χ2n) is 6.15. The zero-order chi connectivity index (χ0) is 15.2. The normalized spacial score (nSPS) is 21.1. The molecule has 2 atom stereocenters. The van der Waals surface area contributed by atoms with Crippen LogP contribution >= 0.6 is 0 Å². The largest absolute Gasteiger partial charge is 0.391 e. The van der Waals surface area contributed by atoms with Gasteiger partial charge in [-0.05, 0) is 51.9 Å². The molecule has 5 heteroatoms. The lowest BCUT2D eigenvalue weighted by molar-refractivity contribution is -0.132. The maximum atomic E-state index is 12.1. The van der Waals surface area contributed by atoms with Crippen LogP contribution in [0.15, 0.2) is 11.6 Å². The van der Waals surface area contributed by atoms with E-state index in [-0.39, 0.29) is 17.7 Å². The van der Waals surface area contributed by atoms with Crippen LogP contribution in [0, 0.1) is 5.92 Å². The lowest BCUT2D eigenvalue weighted by atomic mass is 9.97. The Morgan fingerprint density at radius 1 is 1.38 bits per heavy atom. The van der Waals surface area contributed by atoms with E-state index < -0.39 is 12.1 Å². The molecule has 0 spiro atoms. The van der Waals surface area contributed by atoms with E-state index in [1.54, 1.807) is 0 Å². The highest BCUT2D eigenvalue weighted by molar-refractivity contribution is 5.89. The minimum absolute atomic E-state index is 0.0337. The van der Waals surface area contributed by atoms with Gasteiger partial charge in [-0.3, -0.25) is 9.59 Å². The highest BCUT2D eigenvalue weighted by atomic mass is 16.3. The molecule has 0 bridgehead atoms. The van der Waals surface area contributed by atoms with Crippen LogP contribution in [0.3, 0.4) is 0 Å². The van der Waals surface area contributed by atoms with Gasteiger partial charge < -0.3 is 15.7 Å². The van der Waals surface area contributed by atoms with E-state index in [1.807, 2.05) is 0 Å². The van der Waals surface area contributed by atoms with Gasteiger partial charge in [-0.1, -0.05) is 11.6 Å². The summed E-state index contributed by atoms with van der Waals surface area (Å²) in [6, 6.07) is -0.849. The number of nitrogens with one attached hydrogen (secondary N) is 2. The lowest BCUT2D eigenvalue weighted by Gasteiger charge is -2.21. The molecule has 0 radical (unpaired) electrons. The SMILES string of the molecule is CC(O)C(NC(=O)C1CC1)C(=O)NCCC1=CCCCC1. The minimum atomic E-state index is -0.887. The molecular weight excluding hydrogens is 268 g/mol. The van der Waals surface area contributed by atoms with Crippen molar-refractivity contribution in [3.05, 3.63) is 11.6 Å². The van der Waals surface area contributed by atoms with E-state index in [9.17, 15) is 14.7 Å². The monoisotopic (exact) mass is 294 g/mol. The third kappa shape index (κ3) is 5.16. The number of hydrogen-bond donors (Lipinski definition) is 3. The van der Waals surface area contributed by atoms with E-state index in [4.69, 9.17) is 0 Å². The number of allylic oxidation sites excluding steroid dienone is 1. The Morgan fingerprint density at radius 2 is 2.14 bits per heavy atom. The average Bonchev–Trinajstić information content (AvgIpc) is 3.29. The van der Waals surface area contributed by atoms with Crippen LogP contribution in [-0.2, 0) is 9.59 Å². The number of aliphatic hydroxyl groups is 1. The molecule has 2 rings (SSSR count). The van der Waals surface area contributed by atoms with E-state index >= 15 is 0 Å². The summed E-state index contributed by atoms with van der Waals surface area (Å²) in [4.78, 5) is 23.8. The maximum absolute atomic E-state index is 12.1. The van der Waals surface area contributed by atoms with E-state index in [0.717, 1.165) is 32.1 Å². The zero-order valence-electron chi connectivity index (χ0n) is 12.7. The Labute approximate surface area is 126 Å². The van der Waals surface area contributed by atoms with Crippen LogP contribution in [0.1, 0.15) is 51.9 Å². The van der Waals surface area contributed by atoms with Crippen molar-refractivity contribution in [1.82, 2.24) is 10.6 Å². The average molecular weight is 294 g/mol. The number of rotatable bonds is 7. The Bertz CT molecular complexity index is 414. The first-order valence-corrected chi connectivity index (χ1v) is 8.02. The standard InChI is InChI=1S/C16H26N2O3/c1-11(19)14(18-15(20)13-7-8-13)16(21)17-10-9-12-5-3-2-4-6-12/h5,11,13-14,19H,2-4,6-10H2,1H3,(H,17,21)(H,18,20). The van der Waals surface area contributed by atoms with Gasteiger partial charge in [0.2, 0.25) is 11.8 Å². The smallest absolute Gasteiger partial charge is 0.245 e. The quantitative estimate of drug-likeness (QED) is 0.619. The first kappa shape index (κ1) is 16.0.